The van der Waals surface area contributed by atoms with Crippen LogP contribution in [0.15, 0.2) is 24.3 Å². The van der Waals surface area contributed by atoms with Crippen LogP contribution in [0.4, 0.5) is 0 Å². The van der Waals surface area contributed by atoms with E-state index in [0.717, 1.165) is 0 Å². The van der Waals surface area contributed by atoms with Gasteiger partial charge in [-0.05, 0) is 12.5 Å². The van der Waals surface area contributed by atoms with Gasteiger partial charge in [0.2, 0.25) is 11.8 Å². The zero-order valence-electron chi connectivity index (χ0n) is 11.5. The molecule has 2 atom stereocenters. The molecular weight excluding hydrogens is 292 g/mol. The summed E-state index contributed by atoms with van der Waals surface area (Å²) in [5, 5.41) is 3.31. The highest BCUT2D eigenvalue weighted by atomic mass is 35.5. The van der Waals surface area contributed by atoms with Crippen molar-refractivity contribution in [3.05, 3.63) is 34.9 Å². The zero-order valence-corrected chi connectivity index (χ0v) is 12.3. The van der Waals surface area contributed by atoms with E-state index in [9.17, 15) is 9.59 Å². The highest BCUT2D eigenvalue weighted by Crippen LogP contribution is 2.31. The van der Waals surface area contributed by atoms with Gasteiger partial charge in [0.25, 0.3) is 0 Å². The van der Waals surface area contributed by atoms with Crippen molar-refractivity contribution in [1.29, 1.82) is 0 Å². The molecular formula is C15H17ClN2O3. The van der Waals surface area contributed by atoms with Gasteiger partial charge < -0.3 is 15.0 Å². The van der Waals surface area contributed by atoms with Gasteiger partial charge in [-0.2, -0.15) is 0 Å². The van der Waals surface area contributed by atoms with E-state index in [0.29, 0.717) is 43.3 Å². The summed E-state index contributed by atoms with van der Waals surface area (Å²) in [5.41, 5.74) is 0.670. The van der Waals surface area contributed by atoms with Crippen LogP contribution in [0.3, 0.4) is 0 Å². The summed E-state index contributed by atoms with van der Waals surface area (Å²) in [7, 11) is 0. The molecule has 1 N–H and O–H groups in total. The molecule has 2 amide bonds. The summed E-state index contributed by atoms with van der Waals surface area (Å²) < 4.78 is 5.29. The second-order valence-electron chi connectivity index (χ2n) is 5.31. The number of nitrogens with one attached hydrogen (secondary N) is 1. The van der Waals surface area contributed by atoms with Crippen molar-refractivity contribution in [2.75, 3.05) is 26.3 Å². The van der Waals surface area contributed by atoms with Crippen molar-refractivity contribution in [1.82, 2.24) is 10.2 Å². The van der Waals surface area contributed by atoms with Crippen LogP contribution < -0.4 is 5.32 Å². The number of carbonyl (C=O) groups excluding carboxylic acids is 2. The third-order valence-electron chi connectivity index (χ3n) is 3.97. The van der Waals surface area contributed by atoms with E-state index in [2.05, 4.69) is 5.32 Å². The van der Waals surface area contributed by atoms with Gasteiger partial charge in [-0.25, -0.2) is 0 Å². The summed E-state index contributed by atoms with van der Waals surface area (Å²) in [6, 6.07) is 6.51. The van der Waals surface area contributed by atoms with E-state index in [-0.39, 0.29) is 17.7 Å². The largest absolute Gasteiger partial charge is 0.381 e. The maximum Gasteiger partial charge on any atom is 0.247 e. The number of benzene rings is 1. The van der Waals surface area contributed by atoms with Crippen LogP contribution in [0.25, 0.3) is 0 Å². The number of carbonyl (C=O) groups is 2. The van der Waals surface area contributed by atoms with Crippen molar-refractivity contribution in [3.8, 4) is 0 Å². The van der Waals surface area contributed by atoms with Crippen LogP contribution in [0.1, 0.15) is 18.0 Å². The Kier molecular flexibility index (Phi) is 4.12. The van der Waals surface area contributed by atoms with Crippen LogP contribution in [0, 0.1) is 5.92 Å². The van der Waals surface area contributed by atoms with E-state index in [1.54, 1.807) is 17.0 Å². The molecule has 0 aromatic heterocycles. The molecule has 2 aliphatic rings. The fourth-order valence-electron chi connectivity index (χ4n) is 2.87. The molecule has 3 rings (SSSR count). The molecule has 112 valence electrons. The fraction of sp³-hybridized carbons (Fsp3) is 0.467. The smallest absolute Gasteiger partial charge is 0.247 e. The molecule has 0 bridgehead atoms. The molecule has 6 heteroatoms. The summed E-state index contributed by atoms with van der Waals surface area (Å²) >= 11 is 6.21. The first-order valence-electron chi connectivity index (χ1n) is 7.09. The normalized spacial score (nSPS) is 25.8. The van der Waals surface area contributed by atoms with E-state index in [1.807, 2.05) is 12.1 Å². The molecule has 1 aromatic rings. The van der Waals surface area contributed by atoms with Gasteiger partial charge in [0.1, 0.15) is 6.04 Å². The molecule has 0 unspecified atom stereocenters. The molecule has 21 heavy (non-hydrogen) atoms. The summed E-state index contributed by atoms with van der Waals surface area (Å²) in [6.07, 6.45) is 0.714. The first-order chi connectivity index (χ1) is 10.2. The summed E-state index contributed by atoms with van der Waals surface area (Å²) in [5.74, 6) is -0.352. The van der Waals surface area contributed by atoms with Crippen molar-refractivity contribution >= 4 is 23.4 Å². The molecule has 0 spiro atoms. The Morgan fingerprint density at radius 1 is 1.38 bits per heavy atom. The average molecular weight is 309 g/mol. The minimum atomic E-state index is -0.652. The molecule has 2 saturated heterocycles. The van der Waals surface area contributed by atoms with Crippen molar-refractivity contribution in [2.24, 2.45) is 5.92 Å². The lowest BCUT2D eigenvalue weighted by molar-refractivity contribution is -0.146. The lowest BCUT2D eigenvalue weighted by atomic mass is 9.99. The third-order valence-corrected chi connectivity index (χ3v) is 4.32. The van der Waals surface area contributed by atoms with Crippen LogP contribution in [-0.2, 0) is 14.3 Å². The second-order valence-corrected chi connectivity index (χ2v) is 5.71. The van der Waals surface area contributed by atoms with Crippen molar-refractivity contribution in [3.63, 3.8) is 0 Å². The maximum absolute atomic E-state index is 12.7. The highest BCUT2D eigenvalue weighted by molar-refractivity contribution is 6.31. The number of halogens is 1. The van der Waals surface area contributed by atoms with Crippen LogP contribution in [-0.4, -0.2) is 43.0 Å². The zero-order chi connectivity index (χ0) is 14.8. The summed E-state index contributed by atoms with van der Waals surface area (Å²) in [6.45, 7) is 2.01. The third kappa shape index (κ3) is 2.76. The Labute approximate surface area is 128 Å². The number of rotatable bonds is 2. The van der Waals surface area contributed by atoms with Crippen LogP contribution >= 0.6 is 11.6 Å². The molecule has 2 heterocycles. The number of amides is 2. The Hall–Kier alpha value is -1.59. The Balaban J connectivity index is 1.91. The van der Waals surface area contributed by atoms with Gasteiger partial charge in [0.15, 0.2) is 0 Å². The highest BCUT2D eigenvalue weighted by Gasteiger charge is 2.38. The molecule has 0 saturated carbocycles. The minimum Gasteiger partial charge on any atom is -0.381 e. The fourth-order valence-corrected chi connectivity index (χ4v) is 3.11. The standard InChI is InChI=1S/C15H17ClN2O3/c16-12-4-2-1-3-11(12)13-14(19)17-6-7-18(13)15(20)10-5-8-21-9-10/h1-4,10,13H,5-9H2,(H,17,19)/t10-,13-/m1/s1. The first kappa shape index (κ1) is 14.4. The van der Waals surface area contributed by atoms with Gasteiger partial charge >= 0.3 is 0 Å². The lowest BCUT2D eigenvalue weighted by Crippen LogP contribution is -2.53. The number of ether oxygens (including phenoxy) is 1. The lowest BCUT2D eigenvalue weighted by Gasteiger charge is -2.36. The molecule has 5 nitrogen and oxygen atoms in total. The van der Waals surface area contributed by atoms with Crippen molar-refractivity contribution < 1.29 is 14.3 Å². The van der Waals surface area contributed by atoms with Crippen LogP contribution in [0.5, 0.6) is 0 Å². The topological polar surface area (TPSA) is 58.6 Å². The maximum atomic E-state index is 12.7. The number of piperazine rings is 1. The van der Waals surface area contributed by atoms with Crippen LogP contribution in [0.2, 0.25) is 5.02 Å². The SMILES string of the molecule is O=C1NCCN(C(=O)[C@@H]2CCOC2)[C@@H]1c1ccccc1Cl. The Morgan fingerprint density at radius 3 is 2.90 bits per heavy atom. The van der Waals surface area contributed by atoms with Gasteiger partial charge in [-0.1, -0.05) is 29.8 Å². The van der Waals surface area contributed by atoms with E-state index in [1.165, 1.54) is 0 Å². The molecule has 2 aliphatic heterocycles. The quantitative estimate of drug-likeness (QED) is 0.898. The van der Waals surface area contributed by atoms with Gasteiger partial charge in [-0.15, -0.1) is 0 Å². The van der Waals surface area contributed by atoms with E-state index >= 15 is 0 Å². The number of hydrogen-bond acceptors (Lipinski definition) is 3. The second kappa shape index (κ2) is 6.03. The predicted molar refractivity (Wildman–Crippen MR) is 77.8 cm³/mol. The Bertz CT molecular complexity index is 558. The molecule has 0 radical (unpaired) electrons. The monoisotopic (exact) mass is 308 g/mol. The number of nitrogens with zero attached hydrogens (tertiary/aromatic N) is 1. The molecule has 1 aromatic carbocycles. The minimum absolute atomic E-state index is 0.0210. The molecule has 0 aliphatic carbocycles. The first-order valence-corrected chi connectivity index (χ1v) is 7.46. The molecule has 2 fully saturated rings. The number of hydrogen-bond donors (Lipinski definition) is 1. The van der Waals surface area contributed by atoms with Gasteiger partial charge in [-0.3, -0.25) is 9.59 Å². The van der Waals surface area contributed by atoms with Gasteiger partial charge in [0, 0.05) is 30.3 Å². The van der Waals surface area contributed by atoms with E-state index < -0.39 is 6.04 Å². The Morgan fingerprint density at radius 2 is 2.19 bits per heavy atom. The summed E-state index contributed by atoms with van der Waals surface area (Å²) in [4.78, 5) is 26.6. The van der Waals surface area contributed by atoms with Crippen molar-refractivity contribution in [2.45, 2.75) is 12.5 Å². The van der Waals surface area contributed by atoms with E-state index in [4.69, 9.17) is 16.3 Å². The predicted octanol–water partition coefficient (Wildman–Crippen LogP) is 1.38. The van der Waals surface area contributed by atoms with Gasteiger partial charge in [0.05, 0.1) is 12.5 Å². The average Bonchev–Trinajstić information content (AvgIpc) is 3.01.